The van der Waals surface area contributed by atoms with Crippen molar-refractivity contribution in [2.75, 3.05) is 0 Å². The number of nitrogens with zero attached hydrogens (tertiary/aromatic N) is 1. The Balaban J connectivity index is 1.53. The van der Waals surface area contributed by atoms with Crippen LogP contribution in [0.15, 0.2) is 72.8 Å². The largest absolute Gasteiger partial charge is 0.374 e. The molecule has 0 amide bonds. The molecule has 0 saturated heterocycles. The van der Waals surface area contributed by atoms with Gasteiger partial charge in [0.1, 0.15) is 6.23 Å². The van der Waals surface area contributed by atoms with Crippen molar-refractivity contribution in [1.82, 2.24) is 15.3 Å². The molecule has 0 spiro atoms. The summed E-state index contributed by atoms with van der Waals surface area (Å²) in [6.07, 6.45) is -0.866. The second-order valence-corrected chi connectivity index (χ2v) is 9.66. The molecule has 33 heavy (non-hydrogen) atoms. The van der Waals surface area contributed by atoms with E-state index >= 15 is 0 Å². The zero-order chi connectivity index (χ0) is 22.9. The van der Waals surface area contributed by atoms with Crippen LogP contribution in [0.25, 0.3) is 33.2 Å². The van der Waals surface area contributed by atoms with Crippen LogP contribution >= 0.6 is 34.2 Å². The molecule has 0 saturated carbocycles. The lowest BCUT2D eigenvalue weighted by Gasteiger charge is -2.17. The van der Waals surface area contributed by atoms with Crippen LogP contribution in [-0.2, 0) is 13.1 Å². The second-order valence-electron chi connectivity index (χ2n) is 7.98. The summed E-state index contributed by atoms with van der Waals surface area (Å²) >= 11 is 8.44. The van der Waals surface area contributed by atoms with Gasteiger partial charge in [0.25, 0.3) is 0 Å². The number of rotatable bonds is 6. The average molecular weight is 569 g/mol. The lowest BCUT2D eigenvalue weighted by molar-refractivity contribution is 0.138. The fourth-order valence-corrected chi connectivity index (χ4v) is 4.68. The summed E-state index contributed by atoms with van der Waals surface area (Å²) in [6.45, 7) is 1.01. The summed E-state index contributed by atoms with van der Waals surface area (Å²) < 4.78 is 1.08. The van der Waals surface area contributed by atoms with Crippen LogP contribution in [0, 0.1) is 3.57 Å². The minimum atomic E-state index is -0.866. The quantitative estimate of drug-likeness (QED) is 0.152. The Kier molecular flexibility index (Phi) is 6.36. The zero-order valence-corrected chi connectivity index (χ0v) is 20.6. The smallest absolute Gasteiger partial charge is 0.132 e. The van der Waals surface area contributed by atoms with Crippen LogP contribution in [0.2, 0.25) is 5.02 Å². The van der Waals surface area contributed by atoms with E-state index in [1.807, 2.05) is 72.8 Å². The maximum Gasteiger partial charge on any atom is 0.132 e. The predicted molar refractivity (Wildman–Crippen MR) is 143 cm³/mol. The van der Waals surface area contributed by atoms with Gasteiger partial charge in [-0.25, -0.2) is 4.98 Å². The Labute approximate surface area is 210 Å². The number of halogens is 2. The highest BCUT2D eigenvalue weighted by Gasteiger charge is 2.16. The maximum absolute atomic E-state index is 11.1. The molecule has 2 heterocycles. The first-order valence-corrected chi connectivity index (χ1v) is 12.0. The molecular formula is C26H22ClIN4O. The standard InChI is InChI=1S/C26H22ClIN4O/c27-18-4-7-22-17(9-18)10-24(31-22)25-12-21(20-6-5-19(28)11-23(20)32-25)26(33)30-14-16-3-1-2-15(8-16)13-29/h1-12,26,30-31,33H,13-14,29H2. The van der Waals surface area contributed by atoms with Gasteiger partial charge in [0.05, 0.1) is 16.9 Å². The molecular weight excluding hydrogens is 547 g/mol. The van der Waals surface area contributed by atoms with E-state index in [1.165, 1.54) is 0 Å². The molecule has 0 aliphatic rings. The van der Waals surface area contributed by atoms with Crippen molar-refractivity contribution in [1.29, 1.82) is 0 Å². The number of hydrogen-bond donors (Lipinski definition) is 4. The highest BCUT2D eigenvalue weighted by Crippen LogP contribution is 2.31. The van der Waals surface area contributed by atoms with Gasteiger partial charge in [-0.05, 0) is 76.2 Å². The van der Waals surface area contributed by atoms with Crippen molar-refractivity contribution in [2.24, 2.45) is 5.73 Å². The molecule has 0 bridgehead atoms. The molecule has 0 radical (unpaired) electrons. The third-order valence-electron chi connectivity index (χ3n) is 5.68. The van der Waals surface area contributed by atoms with Crippen LogP contribution in [-0.4, -0.2) is 15.1 Å². The predicted octanol–water partition coefficient (Wildman–Crippen LogP) is 5.88. The third-order valence-corrected chi connectivity index (χ3v) is 6.59. The first-order valence-electron chi connectivity index (χ1n) is 10.6. The summed E-state index contributed by atoms with van der Waals surface area (Å²) in [5, 5.41) is 17.0. The van der Waals surface area contributed by atoms with E-state index in [1.54, 1.807) is 0 Å². The molecule has 5 N–H and O–H groups in total. The monoisotopic (exact) mass is 568 g/mol. The summed E-state index contributed by atoms with van der Waals surface area (Å²) in [5.74, 6) is 0. The topological polar surface area (TPSA) is 87.0 Å². The number of fused-ring (bicyclic) bond motifs is 2. The first kappa shape index (κ1) is 22.3. The molecule has 166 valence electrons. The average Bonchev–Trinajstić information content (AvgIpc) is 3.25. The van der Waals surface area contributed by atoms with Crippen LogP contribution in [0.4, 0.5) is 0 Å². The maximum atomic E-state index is 11.1. The number of aliphatic hydroxyl groups excluding tert-OH is 1. The Morgan fingerprint density at radius 3 is 2.73 bits per heavy atom. The molecule has 5 nitrogen and oxygen atoms in total. The van der Waals surface area contributed by atoms with Gasteiger partial charge in [0.2, 0.25) is 0 Å². The summed E-state index contributed by atoms with van der Waals surface area (Å²) in [6, 6.07) is 23.8. The van der Waals surface area contributed by atoms with Gasteiger partial charge in [0, 0.05) is 43.5 Å². The highest BCUT2D eigenvalue weighted by molar-refractivity contribution is 14.1. The minimum absolute atomic E-state index is 0.489. The Hall–Kier alpha value is -2.49. The number of aliphatic hydroxyl groups is 1. The van der Waals surface area contributed by atoms with E-state index in [9.17, 15) is 5.11 Å². The number of hydrogen-bond acceptors (Lipinski definition) is 4. The Bertz CT molecular complexity index is 1470. The van der Waals surface area contributed by atoms with Crippen LogP contribution < -0.4 is 11.1 Å². The molecule has 0 aliphatic heterocycles. The number of pyridine rings is 1. The van der Waals surface area contributed by atoms with Crippen LogP contribution in [0.3, 0.4) is 0 Å². The first-order chi connectivity index (χ1) is 16.0. The van der Waals surface area contributed by atoms with Gasteiger partial charge in [-0.1, -0.05) is 41.9 Å². The van der Waals surface area contributed by atoms with Crippen molar-refractivity contribution >= 4 is 56.0 Å². The van der Waals surface area contributed by atoms with Crippen molar-refractivity contribution in [2.45, 2.75) is 19.3 Å². The van der Waals surface area contributed by atoms with E-state index in [0.29, 0.717) is 18.1 Å². The molecule has 3 aromatic carbocycles. The van der Waals surface area contributed by atoms with Gasteiger partial charge in [-0.3, -0.25) is 5.32 Å². The van der Waals surface area contributed by atoms with Crippen molar-refractivity contribution < 1.29 is 5.11 Å². The molecule has 5 aromatic rings. The highest BCUT2D eigenvalue weighted by atomic mass is 127. The molecule has 1 unspecified atom stereocenters. The van der Waals surface area contributed by atoms with Crippen LogP contribution in [0.1, 0.15) is 22.9 Å². The van der Waals surface area contributed by atoms with Gasteiger partial charge >= 0.3 is 0 Å². The van der Waals surface area contributed by atoms with E-state index in [4.69, 9.17) is 22.3 Å². The number of aromatic amines is 1. The molecule has 1 atom stereocenters. The van der Waals surface area contributed by atoms with Gasteiger partial charge < -0.3 is 15.8 Å². The molecule has 0 aliphatic carbocycles. The molecule has 7 heteroatoms. The van der Waals surface area contributed by atoms with Gasteiger partial charge in [-0.2, -0.15) is 0 Å². The van der Waals surface area contributed by atoms with Gasteiger partial charge in [0.15, 0.2) is 0 Å². The van der Waals surface area contributed by atoms with E-state index < -0.39 is 6.23 Å². The number of nitrogens with one attached hydrogen (secondary N) is 2. The van der Waals surface area contributed by atoms with E-state index in [2.05, 4.69) is 32.9 Å². The lowest BCUT2D eigenvalue weighted by atomic mass is 10.0. The second kappa shape index (κ2) is 9.40. The minimum Gasteiger partial charge on any atom is -0.374 e. The molecule has 2 aromatic heterocycles. The Morgan fingerprint density at radius 2 is 1.88 bits per heavy atom. The Morgan fingerprint density at radius 1 is 1.03 bits per heavy atom. The molecule has 5 rings (SSSR count). The van der Waals surface area contributed by atoms with Crippen LogP contribution in [0.5, 0.6) is 0 Å². The third kappa shape index (κ3) is 4.76. The van der Waals surface area contributed by atoms with Crippen molar-refractivity contribution in [3.8, 4) is 11.4 Å². The van der Waals surface area contributed by atoms with E-state index in [-0.39, 0.29) is 0 Å². The van der Waals surface area contributed by atoms with Gasteiger partial charge in [-0.15, -0.1) is 0 Å². The summed E-state index contributed by atoms with van der Waals surface area (Å²) in [4.78, 5) is 8.30. The summed E-state index contributed by atoms with van der Waals surface area (Å²) in [5.41, 5.74) is 12.1. The fourth-order valence-electron chi connectivity index (χ4n) is 4.03. The van der Waals surface area contributed by atoms with Crippen molar-refractivity contribution in [3.05, 3.63) is 98.1 Å². The molecule has 0 fully saturated rings. The SMILES string of the molecule is NCc1cccc(CNC(O)c2cc(-c3cc4cc(Cl)ccc4[nH]3)nc3cc(I)ccc23)c1. The normalized spacial score (nSPS) is 12.5. The number of H-pyrrole nitrogens is 1. The number of nitrogens with two attached hydrogens (primary N) is 1. The van der Waals surface area contributed by atoms with Crippen molar-refractivity contribution in [3.63, 3.8) is 0 Å². The fraction of sp³-hybridized carbons (Fsp3) is 0.115. The number of aromatic nitrogens is 2. The summed E-state index contributed by atoms with van der Waals surface area (Å²) in [7, 11) is 0. The van der Waals surface area contributed by atoms with E-state index in [0.717, 1.165) is 53.5 Å². The number of benzene rings is 3. The lowest BCUT2D eigenvalue weighted by Crippen LogP contribution is -2.21. The zero-order valence-electron chi connectivity index (χ0n) is 17.6.